The summed E-state index contributed by atoms with van der Waals surface area (Å²) in [6.07, 6.45) is 0. The van der Waals surface area contributed by atoms with Crippen molar-refractivity contribution in [3.05, 3.63) is 99.7 Å². The zero-order valence-corrected chi connectivity index (χ0v) is 20.5. The van der Waals surface area contributed by atoms with E-state index in [2.05, 4.69) is 80.0 Å². The number of benzene rings is 3. The average Bonchev–Trinajstić information content (AvgIpc) is 3.03. The van der Waals surface area contributed by atoms with Crippen LogP contribution in [0, 0.1) is 27.7 Å². The Morgan fingerprint density at radius 3 is 2.21 bits per heavy atom. The smallest absolute Gasteiger partial charge is 0.253 e. The fourth-order valence-electron chi connectivity index (χ4n) is 4.57. The number of carbonyl (C=O) groups is 1. The van der Waals surface area contributed by atoms with Crippen LogP contribution in [0.15, 0.2) is 60.7 Å². The molecule has 0 atom stereocenters. The van der Waals surface area contributed by atoms with Gasteiger partial charge >= 0.3 is 0 Å². The van der Waals surface area contributed by atoms with Crippen molar-refractivity contribution in [3.8, 4) is 0 Å². The minimum Gasteiger partial charge on any atom is -0.379 e. The van der Waals surface area contributed by atoms with E-state index in [0.717, 1.165) is 23.1 Å². The SMILES string of the molecule is Cc1cccc(C)c1CNc1cc(C(=O)N(C)C)cc2c(C)c(C)n(Cc3ccccc3)c12. The summed E-state index contributed by atoms with van der Waals surface area (Å²) in [6, 6.07) is 21.0. The van der Waals surface area contributed by atoms with Gasteiger partial charge in [0.1, 0.15) is 0 Å². The van der Waals surface area contributed by atoms with Crippen molar-refractivity contribution < 1.29 is 4.79 Å². The highest BCUT2D eigenvalue weighted by Crippen LogP contribution is 2.34. The zero-order chi connectivity index (χ0) is 23.7. The summed E-state index contributed by atoms with van der Waals surface area (Å²) >= 11 is 0. The summed E-state index contributed by atoms with van der Waals surface area (Å²) in [5.41, 5.74) is 10.4. The van der Waals surface area contributed by atoms with Gasteiger partial charge in [0.15, 0.2) is 0 Å². The van der Waals surface area contributed by atoms with E-state index in [1.807, 2.05) is 18.2 Å². The third-order valence-electron chi connectivity index (χ3n) is 6.67. The fraction of sp³-hybridized carbons (Fsp3) is 0.276. The molecule has 0 radical (unpaired) electrons. The number of aryl methyl sites for hydroxylation is 3. The topological polar surface area (TPSA) is 37.3 Å². The van der Waals surface area contributed by atoms with Crippen molar-refractivity contribution in [2.75, 3.05) is 19.4 Å². The van der Waals surface area contributed by atoms with Crippen LogP contribution < -0.4 is 5.32 Å². The van der Waals surface area contributed by atoms with Crippen LogP contribution >= 0.6 is 0 Å². The molecule has 0 fully saturated rings. The van der Waals surface area contributed by atoms with Crippen LogP contribution in [0.1, 0.15) is 43.9 Å². The van der Waals surface area contributed by atoms with Crippen molar-refractivity contribution in [1.29, 1.82) is 0 Å². The fourth-order valence-corrected chi connectivity index (χ4v) is 4.57. The molecule has 0 unspecified atom stereocenters. The lowest BCUT2D eigenvalue weighted by Gasteiger charge is -2.18. The number of aromatic nitrogens is 1. The Bertz CT molecular complexity index is 1300. The van der Waals surface area contributed by atoms with E-state index >= 15 is 0 Å². The van der Waals surface area contributed by atoms with Gasteiger partial charge < -0.3 is 14.8 Å². The van der Waals surface area contributed by atoms with E-state index in [4.69, 9.17) is 0 Å². The lowest BCUT2D eigenvalue weighted by Crippen LogP contribution is -2.21. The number of hydrogen-bond donors (Lipinski definition) is 1. The second kappa shape index (κ2) is 9.14. The second-order valence-electron chi connectivity index (χ2n) is 9.13. The number of nitrogens with zero attached hydrogens (tertiary/aromatic N) is 2. The minimum absolute atomic E-state index is 0.0138. The van der Waals surface area contributed by atoms with Crippen LogP contribution in [0.2, 0.25) is 0 Å². The molecule has 170 valence electrons. The van der Waals surface area contributed by atoms with Crippen LogP contribution in [0.5, 0.6) is 0 Å². The highest BCUT2D eigenvalue weighted by Gasteiger charge is 2.19. The van der Waals surface area contributed by atoms with Crippen LogP contribution in [0.25, 0.3) is 10.9 Å². The van der Waals surface area contributed by atoms with Crippen molar-refractivity contribution in [2.24, 2.45) is 0 Å². The number of amides is 1. The molecule has 4 heteroatoms. The zero-order valence-electron chi connectivity index (χ0n) is 20.5. The molecule has 0 saturated carbocycles. The maximum atomic E-state index is 12.9. The van der Waals surface area contributed by atoms with E-state index < -0.39 is 0 Å². The van der Waals surface area contributed by atoms with E-state index in [-0.39, 0.29) is 5.91 Å². The first kappa shape index (κ1) is 22.7. The lowest BCUT2D eigenvalue weighted by atomic mass is 10.0. The Kier molecular flexibility index (Phi) is 6.28. The Labute approximate surface area is 196 Å². The van der Waals surface area contributed by atoms with E-state index in [0.29, 0.717) is 12.1 Å². The summed E-state index contributed by atoms with van der Waals surface area (Å²) in [5, 5.41) is 4.82. The van der Waals surface area contributed by atoms with Crippen LogP contribution in [0.3, 0.4) is 0 Å². The van der Waals surface area contributed by atoms with Crippen molar-refractivity contribution in [1.82, 2.24) is 9.47 Å². The number of anilines is 1. The van der Waals surface area contributed by atoms with Gasteiger partial charge in [-0.05, 0) is 67.6 Å². The Morgan fingerprint density at radius 2 is 1.58 bits per heavy atom. The van der Waals surface area contributed by atoms with Crippen LogP contribution in [-0.2, 0) is 13.1 Å². The third kappa shape index (κ3) is 4.38. The van der Waals surface area contributed by atoms with Crippen molar-refractivity contribution in [3.63, 3.8) is 0 Å². The van der Waals surface area contributed by atoms with Gasteiger partial charge in [0, 0.05) is 43.8 Å². The highest BCUT2D eigenvalue weighted by atomic mass is 16.2. The second-order valence-corrected chi connectivity index (χ2v) is 9.13. The summed E-state index contributed by atoms with van der Waals surface area (Å²) in [4.78, 5) is 14.5. The molecule has 0 saturated heterocycles. The summed E-state index contributed by atoms with van der Waals surface area (Å²) < 4.78 is 2.37. The predicted octanol–water partition coefficient (Wildman–Crippen LogP) is 6.24. The maximum Gasteiger partial charge on any atom is 0.253 e. The quantitative estimate of drug-likeness (QED) is 0.386. The molecule has 4 nitrogen and oxygen atoms in total. The monoisotopic (exact) mass is 439 g/mol. The number of nitrogens with one attached hydrogen (secondary N) is 1. The Balaban J connectivity index is 1.87. The van der Waals surface area contributed by atoms with E-state index in [1.165, 1.54) is 33.5 Å². The van der Waals surface area contributed by atoms with Gasteiger partial charge in [-0.2, -0.15) is 0 Å². The van der Waals surface area contributed by atoms with Gasteiger partial charge in [-0.3, -0.25) is 4.79 Å². The Morgan fingerprint density at radius 1 is 0.909 bits per heavy atom. The summed E-state index contributed by atoms with van der Waals surface area (Å²) in [6.45, 7) is 10.1. The first-order valence-electron chi connectivity index (χ1n) is 11.5. The molecule has 0 aliphatic carbocycles. The van der Waals surface area contributed by atoms with Gasteiger partial charge in [-0.1, -0.05) is 48.5 Å². The third-order valence-corrected chi connectivity index (χ3v) is 6.67. The summed E-state index contributed by atoms with van der Waals surface area (Å²) in [7, 11) is 3.60. The standard InChI is InChI=1S/C29H33N3O/c1-19-11-10-12-20(2)26(19)17-30-27-16-24(29(33)31(5)6)15-25-21(3)22(4)32(28(25)27)18-23-13-8-7-9-14-23/h7-16,30H,17-18H2,1-6H3. The van der Waals surface area contributed by atoms with Crippen LogP contribution in [0.4, 0.5) is 5.69 Å². The van der Waals surface area contributed by atoms with Gasteiger partial charge in [0.2, 0.25) is 0 Å². The van der Waals surface area contributed by atoms with Gasteiger partial charge in [-0.15, -0.1) is 0 Å². The predicted molar refractivity (Wildman–Crippen MR) is 138 cm³/mol. The molecule has 1 amide bonds. The first-order valence-corrected chi connectivity index (χ1v) is 11.5. The molecule has 3 aromatic carbocycles. The number of hydrogen-bond acceptors (Lipinski definition) is 2. The highest BCUT2D eigenvalue weighted by molar-refractivity contribution is 6.04. The molecule has 33 heavy (non-hydrogen) atoms. The lowest BCUT2D eigenvalue weighted by molar-refractivity contribution is 0.0828. The van der Waals surface area contributed by atoms with Crippen molar-refractivity contribution >= 4 is 22.5 Å². The number of fused-ring (bicyclic) bond motifs is 1. The van der Waals surface area contributed by atoms with Gasteiger partial charge in [0.05, 0.1) is 11.2 Å². The van der Waals surface area contributed by atoms with E-state index in [1.54, 1.807) is 19.0 Å². The summed E-state index contributed by atoms with van der Waals surface area (Å²) in [5.74, 6) is 0.0138. The first-order chi connectivity index (χ1) is 15.8. The van der Waals surface area contributed by atoms with Crippen LogP contribution in [-0.4, -0.2) is 29.5 Å². The molecular weight excluding hydrogens is 406 g/mol. The van der Waals surface area contributed by atoms with Crippen molar-refractivity contribution in [2.45, 2.75) is 40.8 Å². The molecule has 1 N–H and O–H groups in total. The molecule has 0 spiro atoms. The minimum atomic E-state index is 0.0138. The number of carbonyl (C=O) groups excluding carboxylic acids is 1. The molecule has 0 aliphatic heterocycles. The maximum absolute atomic E-state index is 12.9. The molecule has 4 rings (SSSR count). The molecule has 4 aromatic rings. The molecule has 1 aromatic heterocycles. The average molecular weight is 440 g/mol. The largest absolute Gasteiger partial charge is 0.379 e. The number of rotatable bonds is 6. The molecule has 0 aliphatic rings. The molecule has 0 bridgehead atoms. The van der Waals surface area contributed by atoms with Gasteiger partial charge in [-0.25, -0.2) is 0 Å². The van der Waals surface area contributed by atoms with E-state index in [9.17, 15) is 4.79 Å². The normalized spacial score (nSPS) is 11.1. The Hall–Kier alpha value is -3.53. The molecular formula is C29H33N3O. The van der Waals surface area contributed by atoms with Gasteiger partial charge in [0.25, 0.3) is 5.91 Å². The molecule has 1 heterocycles.